The molecule has 0 aromatic carbocycles. The lowest BCUT2D eigenvalue weighted by Gasteiger charge is -2.05. The third-order valence-corrected chi connectivity index (χ3v) is 2.60. The number of nitrogens with one attached hydrogen (secondary N) is 1. The standard InChI is InChI=1S/C10H7BrClN3/c11-8-2-1-5-13-10(8)15-9-4-3-7(12)6-14-9/h1-6H,(H,13,14,15). The number of hydrogen-bond donors (Lipinski definition) is 1. The van der Waals surface area contributed by atoms with E-state index in [4.69, 9.17) is 11.6 Å². The molecule has 0 aliphatic rings. The Morgan fingerprint density at radius 3 is 2.73 bits per heavy atom. The van der Waals surface area contributed by atoms with Crippen LogP contribution in [0.1, 0.15) is 0 Å². The number of rotatable bonds is 2. The van der Waals surface area contributed by atoms with E-state index >= 15 is 0 Å². The van der Waals surface area contributed by atoms with Crippen molar-refractivity contribution in [2.45, 2.75) is 0 Å². The summed E-state index contributed by atoms with van der Waals surface area (Å²) in [5, 5.41) is 3.68. The van der Waals surface area contributed by atoms with Crippen LogP contribution in [0.2, 0.25) is 5.02 Å². The Hall–Kier alpha value is -1.13. The number of aromatic nitrogens is 2. The summed E-state index contributed by atoms with van der Waals surface area (Å²) < 4.78 is 0.891. The molecule has 0 saturated carbocycles. The lowest BCUT2D eigenvalue weighted by atomic mass is 10.4. The summed E-state index contributed by atoms with van der Waals surface area (Å²) in [6.45, 7) is 0. The van der Waals surface area contributed by atoms with E-state index in [9.17, 15) is 0 Å². The summed E-state index contributed by atoms with van der Waals surface area (Å²) in [4.78, 5) is 8.28. The van der Waals surface area contributed by atoms with Crippen molar-refractivity contribution in [2.75, 3.05) is 5.32 Å². The molecule has 0 fully saturated rings. The molecular weight excluding hydrogens is 277 g/mol. The largest absolute Gasteiger partial charge is 0.324 e. The van der Waals surface area contributed by atoms with Crippen molar-refractivity contribution in [1.82, 2.24) is 9.97 Å². The van der Waals surface area contributed by atoms with Crippen LogP contribution >= 0.6 is 27.5 Å². The zero-order chi connectivity index (χ0) is 10.7. The molecule has 0 spiro atoms. The molecule has 2 rings (SSSR count). The number of halogens is 2. The molecule has 2 aromatic heterocycles. The quantitative estimate of drug-likeness (QED) is 0.915. The van der Waals surface area contributed by atoms with Gasteiger partial charge in [-0.05, 0) is 40.2 Å². The van der Waals surface area contributed by atoms with E-state index in [2.05, 4.69) is 31.2 Å². The second-order valence-electron chi connectivity index (χ2n) is 2.82. The molecule has 2 heterocycles. The highest BCUT2D eigenvalue weighted by Crippen LogP contribution is 2.22. The highest BCUT2D eigenvalue weighted by Gasteiger charge is 2.00. The van der Waals surface area contributed by atoms with Gasteiger partial charge in [-0.15, -0.1) is 0 Å². The minimum Gasteiger partial charge on any atom is -0.324 e. The predicted octanol–water partition coefficient (Wildman–Crippen LogP) is 3.64. The molecule has 0 aliphatic heterocycles. The van der Waals surface area contributed by atoms with Crippen LogP contribution in [0, 0.1) is 0 Å². The van der Waals surface area contributed by atoms with Gasteiger partial charge in [0, 0.05) is 12.4 Å². The van der Waals surface area contributed by atoms with Crippen molar-refractivity contribution in [3.63, 3.8) is 0 Å². The van der Waals surface area contributed by atoms with E-state index in [-0.39, 0.29) is 0 Å². The number of hydrogen-bond acceptors (Lipinski definition) is 3. The fourth-order valence-corrected chi connectivity index (χ4v) is 1.51. The van der Waals surface area contributed by atoms with Gasteiger partial charge in [0.25, 0.3) is 0 Å². The predicted molar refractivity (Wildman–Crippen MR) is 64.5 cm³/mol. The minimum atomic E-state index is 0.612. The molecule has 0 saturated heterocycles. The van der Waals surface area contributed by atoms with E-state index in [0.29, 0.717) is 10.8 Å². The fraction of sp³-hybridized carbons (Fsp3) is 0. The molecule has 76 valence electrons. The number of nitrogens with zero attached hydrogens (tertiary/aromatic N) is 2. The van der Waals surface area contributed by atoms with E-state index in [0.717, 1.165) is 10.3 Å². The molecule has 3 nitrogen and oxygen atoms in total. The van der Waals surface area contributed by atoms with Gasteiger partial charge in [-0.2, -0.15) is 0 Å². The van der Waals surface area contributed by atoms with Crippen molar-refractivity contribution in [2.24, 2.45) is 0 Å². The normalized spacial score (nSPS) is 10.0. The smallest absolute Gasteiger partial charge is 0.145 e. The highest BCUT2D eigenvalue weighted by molar-refractivity contribution is 9.10. The number of pyridine rings is 2. The summed E-state index contributed by atoms with van der Waals surface area (Å²) in [5.74, 6) is 1.44. The molecule has 15 heavy (non-hydrogen) atoms. The van der Waals surface area contributed by atoms with Crippen LogP contribution in [-0.4, -0.2) is 9.97 Å². The van der Waals surface area contributed by atoms with E-state index in [1.165, 1.54) is 0 Å². The second-order valence-corrected chi connectivity index (χ2v) is 4.11. The summed E-state index contributed by atoms with van der Waals surface area (Å²) >= 11 is 9.12. The lowest BCUT2D eigenvalue weighted by Crippen LogP contribution is -1.95. The second kappa shape index (κ2) is 4.59. The Balaban J connectivity index is 2.22. The maximum atomic E-state index is 5.73. The van der Waals surface area contributed by atoms with Gasteiger partial charge in [0.2, 0.25) is 0 Å². The van der Waals surface area contributed by atoms with Gasteiger partial charge >= 0.3 is 0 Å². The molecule has 2 aromatic rings. The van der Waals surface area contributed by atoms with Crippen LogP contribution in [0.3, 0.4) is 0 Å². The Morgan fingerprint density at radius 2 is 2.07 bits per heavy atom. The Kier molecular flexibility index (Phi) is 3.18. The maximum absolute atomic E-state index is 5.73. The first kappa shape index (κ1) is 10.4. The van der Waals surface area contributed by atoms with Crippen molar-refractivity contribution in [3.8, 4) is 0 Å². The first-order valence-electron chi connectivity index (χ1n) is 4.25. The van der Waals surface area contributed by atoms with Gasteiger partial charge < -0.3 is 5.32 Å². The number of anilines is 2. The summed E-state index contributed by atoms with van der Waals surface area (Å²) in [6.07, 6.45) is 3.30. The van der Waals surface area contributed by atoms with Crippen LogP contribution in [0.25, 0.3) is 0 Å². The van der Waals surface area contributed by atoms with Crippen molar-refractivity contribution < 1.29 is 0 Å². The zero-order valence-corrected chi connectivity index (χ0v) is 9.96. The molecule has 0 unspecified atom stereocenters. The van der Waals surface area contributed by atoms with Crippen LogP contribution in [0.4, 0.5) is 11.6 Å². The van der Waals surface area contributed by atoms with Gasteiger partial charge in [-0.1, -0.05) is 11.6 Å². The Labute approximate surface area is 101 Å². The van der Waals surface area contributed by atoms with Crippen molar-refractivity contribution in [3.05, 3.63) is 46.2 Å². The highest BCUT2D eigenvalue weighted by atomic mass is 79.9. The molecule has 0 aliphatic carbocycles. The van der Waals surface area contributed by atoms with Crippen molar-refractivity contribution >= 4 is 39.2 Å². The molecule has 1 N–H and O–H groups in total. The molecule has 0 atom stereocenters. The maximum Gasteiger partial charge on any atom is 0.145 e. The monoisotopic (exact) mass is 283 g/mol. The SMILES string of the molecule is Clc1ccc(Nc2ncccc2Br)nc1. The van der Waals surface area contributed by atoms with Gasteiger partial charge in [0.05, 0.1) is 9.50 Å². The van der Waals surface area contributed by atoms with Gasteiger partial charge in [-0.25, -0.2) is 9.97 Å². The van der Waals surface area contributed by atoms with Gasteiger partial charge in [0.1, 0.15) is 11.6 Å². The minimum absolute atomic E-state index is 0.612. The zero-order valence-electron chi connectivity index (χ0n) is 7.61. The van der Waals surface area contributed by atoms with E-state index in [1.54, 1.807) is 24.5 Å². The molecule has 0 amide bonds. The van der Waals surface area contributed by atoms with Crippen LogP contribution in [-0.2, 0) is 0 Å². The van der Waals surface area contributed by atoms with Crippen LogP contribution in [0.15, 0.2) is 41.1 Å². The first-order chi connectivity index (χ1) is 7.25. The van der Waals surface area contributed by atoms with Gasteiger partial charge in [-0.3, -0.25) is 0 Å². The molecular formula is C10H7BrClN3. The summed E-state index contributed by atoms with van der Waals surface area (Å²) in [6, 6.07) is 7.33. The van der Waals surface area contributed by atoms with Crippen LogP contribution < -0.4 is 5.32 Å². The lowest BCUT2D eigenvalue weighted by molar-refractivity contribution is 1.24. The Morgan fingerprint density at radius 1 is 1.20 bits per heavy atom. The van der Waals surface area contributed by atoms with Crippen molar-refractivity contribution in [1.29, 1.82) is 0 Å². The molecule has 0 radical (unpaired) electrons. The average Bonchev–Trinajstić information content (AvgIpc) is 2.25. The first-order valence-corrected chi connectivity index (χ1v) is 5.42. The molecule has 5 heteroatoms. The van der Waals surface area contributed by atoms with E-state index < -0.39 is 0 Å². The van der Waals surface area contributed by atoms with E-state index in [1.807, 2.05) is 12.1 Å². The Bertz CT molecular complexity index is 458. The third-order valence-electron chi connectivity index (χ3n) is 1.73. The topological polar surface area (TPSA) is 37.8 Å². The third kappa shape index (κ3) is 2.67. The van der Waals surface area contributed by atoms with Gasteiger partial charge in [0.15, 0.2) is 0 Å². The molecule has 0 bridgehead atoms. The summed E-state index contributed by atoms with van der Waals surface area (Å²) in [7, 11) is 0. The fourth-order valence-electron chi connectivity index (χ4n) is 1.05. The average molecular weight is 285 g/mol. The summed E-state index contributed by atoms with van der Waals surface area (Å²) in [5.41, 5.74) is 0. The van der Waals surface area contributed by atoms with Crippen LogP contribution in [0.5, 0.6) is 0 Å².